The average Bonchev–Trinajstić information content (AvgIpc) is 3.01. The van der Waals surface area contributed by atoms with Crippen LogP contribution in [0.15, 0.2) is 59.5 Å². The van der Waals surface area contributed by atoms with Gasteiger partial charge in [0.1, 0.15) is 18.3 Å². The molecule has 0 aliphatic heterocycles. The predicted octanol–water partition coefficient (Wildman–Crippen LogP) is 5.81. The van der Waals surface area contributed by atoms with Crippen LogP contribution in [0.5, 0.6) is 17.2 Å². The summed E-state index contributed by atoms with van der Waals surface area (Å²) in [5.41, 5.74) is 0.596. The number of rotatable bonds is 14. The molecular weight excluding hydrogens is 653 g/mol. The number of nitrogens with one attached hydrogen (secondary N) is 1. The molecule has 3 aromatic carbocycles. The van der Waals surface area contributed by atoms with Gasteiger partial charge in [0.05, 0.1) is 42.0 Å². The van der Waals surface area contributed by atoms with Gasteiger partial charge in [-0.05, 0) is 61.4 Å². The molecule has 0 saturated carbocycles. The highest BCUT2D eigenvalue weighted by Gasteiger charge is 2.34. The van der Waals surface area contributed by atoms with Crippen molar-refractivity contribution in [3.63, 3.8) is 0 Å². The number of anilines is 1. The highest BCUT2D eigenvalue weighted by Crippen LogP contribution is 2.37. The quantitative estimate of drug-likeness (QED) is 0.228. The van der Waals surface area contributed by atoms with E-state index in [1.165, 1.54) is 62.6 Å². The zero-order valence-electron chi connectivity index (χ0n) is 24.9. The van der Waals surface area contributed by atoms with Gasteiger partial charge in [-0.25, -0.2) is 8.42 Å². The van der Waals surface area contributed by atoms with E-state index in [2.05, 4.69) is 5.32 Å². The number of halogens is 3. The van der Waals surface area contributed by atoms with Gasteiger partial charge in [0.2, 0.25) is 11.8 Å². The maximum absolute atomic E-state index is 14.3. The molecule has 0 saturated heterocycles. The fourth-order valence-electron chi connectivity index (χ4n) is 4.29. The van der Waals surface area contributed by atoms with Crippen LogP contribution < -0.4 is 23.8 Å². The van der Waals surface area contributed by atoms with E-state index < -0.39 is 34.4 Å². The van der Waals surface area contributed by atoms with Crippen molar-refractivity contribution >= 4 is 62.3 Å². The number of sulfonamides is 1. The third-order valence-corrected chi connectivity index (χ3v) is 9.41. The number of methoxy groups -OCH3 is 3. The molecule has 238 valence electrons. The van der Waals surface area contributed by atoms with Crippen LogP contribution in [0.25, 0.3) is 0 Å². The minimum absolute atomic E-state index is 0.0145. The molecule has 3 aromatic rings. The first-order valence-electron chi connectivity index (χ1n) is 13.5. The molecule has 44 heavy (non-hydrogen) atoms. The molecule has 3 rings (SSSR count). The molecule has 0 unspecified atom stereocenters. The van der Waals surface area contributed by atoms with Crippen molar-refractivity contribution in [2.75, 3.05) is 38.7 Å². The molecule has 0 aliphatic carbocycles. The summed E-state index contributed by atoms with van der Waals surface area (Å²) in [6, 6.07) is 12.3. The summed E-state index contributed by atoms with van der Waals surface area (Å²) in [6.45, 7) is 3.09. The molecule has 10 nitrogen and oxygen atoms in total. The average molecular weight is 687 g/mol. The Hall–Kier alpha value is -3.38. The fourth-order valence-corrected chi connectivity index (χ4v) is 6.21. The van der Waals surface area contributed by atoms with Crippen LogP contribution in [-0.4, -0.2) is 65.6 Å². The maximum atomic E-state index is 14.3. The van der Waals surface area contributed by atoms with E-state index in [-0.39, 0.29) is 38.7 Å². The molecular formula is C30H34Cl3N3O7S. The normalized spacial score (nSPS) is 11.8. The Morgan fingerprint density at radius 3 is 2.14 bits per heavy atom. The van der Waals surface area contributed by atoms with Crippen LogP contribution in [0.2, 0.25) is 15.1 Å². The molecule has 0 fully saturated rings. The lowest BCUT2D eigenvalue weighted by atomic mass is 10.1. The summed E-state index contributed by atoms with van der Waals surface area (Å²) in [4.78, 5) is 28.3. The van der Waals surface area contributed by atoms with E-state index in [0.29, 0.717) is 29.3 Å². The summed E-state index contributed by atoms with van der Waals surface area (Å²) in [6.07, 6.45) is 0.686. The standard InChI is InChI=1S/C30H34Cl3N3O7S/c1-6-13-34-30(38)19(2)35(17-20-7-10-23(32)24(33)14-20)29(37)18-36(25-15-21(31)8-11-26(25)41-3)44(39,40)22-9-12-27(42-4)28(16-22)43-5/h7-12,14-16,19H,6,13,17-18H2,1-5H3,(H,34,38)/t19-/m1/s1. The number of amides is 2. The van der Waals surface area contributed by atoms with Crippen molar-refractivity contribution in [1.29, 1.82) is 0 Å². The molecule has 0 bridgehead atoms. The minimum atomic E-state index is -4.46. The highest BCUT2D eigenvalue weighted by molar-refractivity contribution is 7.92. The maximum Gasteiger partial charge on any atom is 0.265 e. The number of hydrogen-bond acceptors (Lipinski definition) is 7. The fraction of sp³-hybridized carbons (Fsp3) is 0.333. The van der Waals surface area contributed by atoms with Gasteiger partial charge in [-0.2, -0.15) is 0 Å². The van der Waals surface area contributed by atoms with E-state index in [1.54, 1.807) is 25.1 Å². The SMILES string of the molecule is CCCNC(=O)[C@@H](C)N(Cc1ccc(Cl)c(Cl)c1)C(=O)CN(c1cc(Cl)ccc1OC)S(=O)(=O)c1ccc(OC)c(OC)c1. The molecule has 0 aromatic heterocycles. The Labute approximate surface area is 272 Å². The Bertz CT molecular complexity index is 1600. The van der Waals surface area contributed by atoms with Crippen LogP contribution in [0.4, 0.5) is 5.69 Å². The number of nitrogens with zero attached hydrogens (tertiary/aromatic N) is 2. The van der Waals surface area contributed by atoms with Gasteiger partial charge < -0.3 is 24.4 Å². The van der Waals surface area contributed by atoms with E-state index in [4.69, 9.17) is 49.0 Å². The lowest BCUT2D eigenvalue weighted by Crippen LogP contribution is -2.51. The van der Waals surface area contributed by atoms with Gasteiger partial charge in [-0.3, -0.25) is 13.9 Å². The van der Waals surface area contributed by atoms with Crippen LogP contribution in [0, 0.1) is 0 Å². The number of benzene rings is 3. The summed E-state index contributed by atoms with van der Waals surface area (Å²) >= 11 is 18.6. The molecule has 0 aliphatic rings. The third kappa shape index (κ3) is 8.20. The van der Waals surface area contributed by atoms with Crippen molar-refractivity contribution in [3.8, 4) is 17.2 Å². The lowest BCUT2D eigenvalue weighted by Gasteiger charge is -2.32. The zero-order valence-corrected chi connectivity index (χ0v) is 28.0. The van der Waals surface area contributed by atoms with Crippen LogP contribution in [0.1, 0.15) is 25.8 Å². The summed E-state index contributed by atoms with van der Waals surface area (Å²) in [5, 5.41) is 3.58. The molecule has 0 spiro atoms. The minimum Gasteiger partial charge on any atom is -0.495 e. The smallest absolute Gasteiger partial charge is 0.265 e. The predicted molar refractivity (Wildman–Crippen MR) is 172 cm³/mol. The second-order valence-corrected chi connectivity index (χ2v) is 12.7. The molecule has 14 heteroatoms. The second kappa shape index (κ2) is 15.6. The zero-order chi connectivity index (χ0) is 32.6. The van der Waals surface area contributed by atoms with E-state index in [1.807, 2.05) is 6.92 Å². The van der Waals surface area contributed by atoms with Crippen molar-refractivity contribution in [3.05, 3.63) is 75.2 Å². The first-order chi connectivity index (χ1) is 20.9. The molecule has 2 amide bonds. The monoisotopic (exact) mass is 685 g/mol. The second-order valence-electron chi connectivity index (χ2n) is 9.58. The number of ether oxygens (including phenoxy) is 3. The Kier molecular flexibility index (Phi) is 12.4. The van der Waals surface area contributed by atoms with Crippen LogP contribution >= 0.6 is 34.8 Å². The lowest BCUT2D eigenvalue weighted by molar-refractivity contribution is -0.139. The summed E-state index contributed by atoms with van der Waals surface area (Å²) in [7, 11) is -0.294. The topological polar surface area (TPSA) is 114 Å². The molecule has 0 heterocycles. The van der Waals surface area contributed by atoms with Gasteiger partial charge in [0.15, 0.2) is 11.5 Å². The number of carbonyl (C=O) groups is 2. The first-order valence-corrected chi connectivity index (χ1v) is 16.0. The molecule has 1 N–H and O–H groups in total. The van der Waals surface area contributed by atoms with Crippen molar-refractivity contribution in [1.82, 2.24) is 10.2 Å². The molecule has 1 atom stereocenters. The number of hydrogen-bond donors (Lipinski definition) is 1. The van der Waals surface area contributed by atoms with Gasteiger partial charge >= 0.3 is 0 Å². The van der Waals surface area contributed by atoms with Crippen molar-refractivity contribution in [2.24, 2.45) is 0 Å². The molecule has 0 radical (unpaired) electrons. The van der Waals surface area contributed by atoms with Crippen LogP contribution in [0.3, 0.4) is 0 Å². The van der Waals surface area contributed by atoms with E-state index in [0.717, 1.165) is 4.31 Å². The van der Waals surface area contributed by atoms with Crippen LogP contribution in [-0.2, 0) is 26.2 Å². The Morgan fingerprint density at radius 1 is 0.864 bits per heavy atom. The number of carbonyl (C=O) groups excluding carboxylic acids is 2. The Morgan fingerprint density at radius 2 is 1.52 bits per heavy atom. The van der Waals surface area contributed by atoms with Gasteiger partial charge in [-0.15, -0.1) is 0 Å². The summed E-state index contributed by atoms with van der Waals surface area (Å²) < 4.78 is 45.5. The Balaban J connectivity index is 2.15. The van der Waals surface area contributed by atoms with Gasteiger partial charge in [0, 0.05) is 24.2 Å². The van der Waals surface area contributed by atoms with Crippen molar-refractivity contribution < 1.29 is 32.2 Å². The highest BCUT2D eigenvalue weighted by atomic mass is 35.5. The first kappa shape index (κ1) is 35.1. The van der Waals surface area contributed by atoms with E-state index >= 15 is 0 Å². The van der Waals surface area contributed by atoms with Gasteiger partial charge in [-0.1, -0.05) is 47.8 Å². The van der Waals surface area contributed by atoms with Crippen molar-refractivity contribution in [2.45, 2.75) is 37.8 Å². The van der Waals surface area contributed by atoms with Gasteiger partial charge in [0.25, 0.3) is 10.0 Å². The third-order valence-electron chi connectivity index (χ3n) is 6.68. The largest absolute Gasteiger partial charge is 0.495 e. The summed E-state index contributed by atoms with van der Waals surface area (Å²) in [5.74, 6) is -0.457. The van der Waals surface area contributed by atoms with E-state index in [9.17, 15) is 18.0 Å².